The first-order valence-corrected chi connectivity index (χ1v) is 9.05. The number of alkyl carbamates (subject to hydrolysis) is 1. The fourth-order valence-electron chi connectivity index (χ4n) is 2.61. The SMILES string of the molecule is CNc1cc(C/C(C)=C/C=C/[C@@H](OC)C(C)(O)NC(=O)OC)cc(OC)c1Cl. The monoisotopic (exact) mass is 412 g/mol. The van der Waals surface area contributed by atoms with Gasteiger partial charge < -0.3 is 24.6 Å². The number of nitrogens with one attached hydrogen (secondary N) is 2. The zero-order valence-corrected chi connectivity index (χ0v) is 17.9. The molecule has 0 fully saturated rings. The molecule has 0 aliphatic carbocycles. The van der Waals surface area contributed by atoms with Crippen LogP contribution in [0, 0.1) is 0 Å². The lowest BCUT2D eigenvalue weighted by atomic mass is 10.0. The highest BCUT2D eigenvalue weighted by molar-refractivity contribution is 6.34. The van der Waals surface area contributed by atoms with Gasteiger partial charge in [0, 0.05) is 14.2 Å². The maximum atomic E-state index is 11.4. The summed E-state index contributed by atoms with van der Waals surface area (Å²) in [6, 6.07) is 3.86. The minimum absolute atomic E-state index is 0.540. The van der Waals surface area contributed by atoms with Crippen LogP contribution in [0.25, 0.3) is 0 Å². The first-order chi connectivity index (χ1) is 13.2. The van der Waals surface area contributed by atoms with Crippen LogP contribution >= 0.6 is 11.6 Å². The van der Waals surface area contributed by atoms with Gasteiger partial charge in [-0.25, -0.2) is 4.79 Å². The Morgan fingerprint density at radius 3 is 2.57 bits per heavy atom. The lowest BCUT2D eigenvalue weighted by Gasteiger charge is -2.29. The summed E-state index contributed by atoms with van der Waals surface area (Å²) in [5.74, 6) is 0.608. The zero-order chi connectivity index (χ0) is 21.3. The number of halogens is 1. The summed E-state index contributed by atoms with van der Waals surface area (Å²) >= 11 is 6.25. The van der Waals surface area contributed by atoms with Gasteiger partial charge in [0.1, 0.15) is 16.9 Å². The first kappa shape index (κ1) is 23.8. The summed E-state index contributed by atoms with van der Waals surface area (Å²) in [7, 11) is 6.04. The summed E-state index contributed by atoms with van der Waals surface area (Å²) in [4.78, 5) is 11.4. The molecule has 0 heterocycles. The fraction of sp³-hybridized carbons (Fsp3) is 0.450. The minimum atomic E-state index is -1.62. The van der Waals surface area contributed by atoms with Crippen LogP contribution in [0.15, 0.2) is 35.9 Å². The van der Waals surface area contributed by atoms with Gasteiger partial charge in [0.05, 0.1) is 19.9 Å². The second-order valence-electron chi connectivity index (χ2n) is 6.40. The first-order valence-electron chi connectivity index (χ1n) is 8.67. The van der Waals surface area contributed by atoms with Crippen LogP contribution in [-0.4, -0.2) is 51.4 Å². The molecule has 0 aliphatic heterocycles. The highest BCUT2D eigenvalue weighted by atomic mass is 35.5. The van der Waals surface area contributed by atoms with Gasteiger partial charge in [0.25, 0.3) is 0 Å². The molecular formula is C20H29ClN2O5. The van der Waals surface area contributed by atoms with E-state index in [9.17, 15) is 9.90 Å². The molecule has 0 bridgehead atoms. The average molecular weight is 413 g/mol. The van der Waals surface area contributed by atoms with E-state index in [4.69, 9.17) is 21.1 Å². The van der Waals surface area contributed by atoms with Crippen LogP contribution in [0.2, 0.25) is 5.02 Å². The predicted molar refractivity (Wildman–Crippen MR) is 111 cm³/mol. The highest BCUT2D eigenvalue weighted by Crippen LogP contribution is 2.34. The van der Waals surface area contributed by atoms with Crippen LogP contribution in [0.5, 0.6) is 5.75 Å². The van der Waals surface area contributed by atoms with Crippen molar-refractivity contribution in [3.63, 3.8) is 0 Å². The smallest absolute Gasteiger partial charge is 0.409 e. The molecule has 1 rings (SSSR count). The maximum Gasteiger partial charge on any atom is 0.409 e. The van der Waals surface area contributed by atoms with Gasteiger partial charge in [-0.1, -0.05) is 35.4 Å². The Balaban J connectivity index is 2.90. The molecule has 8 heteroatoms. The Hall–Kier alpha value is -2.22. The quantitative estimate of drug-likeness (QED) is 0.425. The summed E-state index contributed by atoms with van der Waals surface area (Å²) in [6.45, 7) is 3.41. The lowest BCUT2D eigenvalue weighted by Crippen LogP contribution is -2.54. The number of methoxy groups -OCH3 is 3. The molecular weight excluding hydrogens is 384 g/mol. The number of hydrogen-bond donors (Lipinski definition) is 3. The van der Waals surface area contributed by atoms with Gasteiger partial charge in [-0.15, -0.1) is 0 Å². The van der Waals surface area contributed by atoms with Crippen molar-refractivity contribution in [2.45, 2.75) is 32.1 Å². The molecule has 1 unspecified atom stereocenters. The van der Waals surface area contributed by atoms with E-state index in [-0.39, 0.29) is 0 Å². The third kappa shape index (κ3) is 6.74. The van der Waals surface area contributed by atoms with Gasteiger partial charge in [0.2, 0.25) is 0 Å². The third-order valence-corrected chi connectivity index (χ3v) is 4.48. The zero-order valence-electron chi connectivity index (χ0n) is 17.1. The van der Waals surface area contributed by atoms with Crippen LogP contribution < -0.4 is 15.4 Å². The number of amides is 1. The standard InChI is InChI=1S/C20H29ClN2O5/c1-13(10-14-11-15(22-3)18(21)16(12-14)26-4)8-7-9-17(27-5)20(2,25)23-19(24)28-6/h7-9,11-12,17,22,25H,10H2,1-6H3,(H,23,24)/b9-7+,13-8+/t17-,20?/m1/s1. The van der Waals surface area contributed by atoms with E-state index in [1.54, 1.807) is 26.3 Å². The molecule has 1 aromatic carbocycles. The molecule has 0 saturated carbocycles. The van der Waals surface area contributed by atoms with E-state index in [0.717, 1.165) is 16.8 Å². The highest BCUT2D eigenvalue weighted by Gasteiger charge is 2.32. The number of aliphatic hydroxyl groups is 1. The molecule has 0 aromatic heterocycles. The number of hydrogen-bond acceptors (Lipinski definition) is 6. The van der Waals surface area contributed by atoms with Gasteiger partial charge in [-0.05, 0) is 38.0 Å². The molecule has 3 N–H and O–H groups in total. The largest absolute Gasteiger partial charge is 0.495 e. The number of carbonyl (C=O) groups is 1. The molecule has 1 amide bonds. The minimum Gasteiger partial charge on any atom is -0.495 e. The number of ether oxygens (including phenoxy) is 3. The van der Waals surface area contributed by atoms with Crippen LogP contribution in [0.4, 0.5) is 10.5 Å². The molecule has 0 radical (unpaired) electrons. The van der Waals surface area contributed by atoms with Crippen molar-refractivity contribution in [2.24, 2.45) is 0 Å². The molecule has 28 heavy (non-hydrogen) atoms. The van der Waals surface area contributed by atoms with E-state index < -0.39 is 17.9 Å². The molecule has 7 nitrogen and oxygen atoms in total. The van der Waals surface area contributed by atoms with Crippen molar-refractivity contribution < 1.29 is 24.1 Å². The number of allylic oxidation sites excluding steroid dienone is 3. The molecule has 2 atom stereocenters. The van der Waals surface area contributed by atoms with E-state index in [2.05, 4.69) is 15.4 Å². The predicted octanol–water partition coefficient (Wildman–Crippen LogP) is 3.51. The second kappa shape index (κ2) is 10.9. The van der Waals surface area contributed by atoms with Crippen LogP contribution in [0.3, 0.4) is 0 Å². The Labute approximate surface area is 171 Å². The van der Waals surface area contributed by atoms with E-state index in [1.807, 2.05) is 25.1 Å². The Kier molecular flexibility index (Phi) is 9.31. The molecule has 156 valence electrons. The van der Waals surface area contributed by atoms with Gasteiger partial charge in [0.15, 0.2) is 5.72 Å². The van der Waals surface area contributed by atoms with Gasteiger partial charge in [-0.2, -0.15) is 0 Å². The van der Waals surface area contributed by atoms with Crippen LogP contribution in [-0.2, 0) is 15.9 Å². The van der Waals surface area contributed by atoms with Gasteiger partial charge >= 0.3 is 6.09 Å². The fourth-order valence-corrected chi connectivity index (χ4v) is 2.89. The van der Waals surface area contributed by atoms with Crippen molar-refractivity contribution in [3.8, 4) is 5.75 Å². The number of rotatable bonds is 9. The van der Waals surface area contributed by atoms with Crippen molar-refractivity contribution in [1.29, 1.82) is 0 Å². The van der Waals surface area contributed by atoms with E-state index >= 15 is 0 Å². The Bertz CT molecular complexity index is 706. The van der Waals surface area contributed by atoms with Crippen molar-refractivity contribution in [3.05, 3.63) is 46.5 Å². The summed E-state index contributed by atoms with van der Waals surface area (Å²) in [5, 5.41) is 16.3. The third-order valence-electron chi connectivity index (χ3n) is 4.09. The van der Waals surface area contributed by atoms with E-state index in [1.165, 1.54) is 21.1 Å². The van der Waals surface area contributed by atoms with Crippen LogP contribution in [0.1, 0.15) is 19.4 Å². The summed E-state index contributed by atoms with van der Waals surface area (Å²) in [6.07, 6.45) is 4.50. The van der Waals surface area contributed by atoms with Crippen molar-refractivity contribution in [2.75, 3.05) is 33.7 Å². The number of benzene rings is 1. The molecule has 0 aliphatic rings. The Morgan fingerprint density at radius 1 is 1.36 bits per heavy atom. The average Bonchev–Trinajstić information content (AvgIpc) is 2.65. The molecule has 1 aromatic rings. The van der Waals surface area contributed by atoms with E-state index in [0.29, 0.717) is 17.2 Å². The van der Waals surface area contributed by atoms with Crippen molar-refractivity contribution >= 4 is 23.4 Å². The van der Waals surface area contributed by atoms with Gasteiger partial charge in [-0.3, -0.25) is 5.32 Å². The lowest BCUT2D eigenvalue weighted by molar-refractivity contribution is -0.0758. The molecule has 0 saturated heterocycles. The van der Waals surface area contributed by atoms with Crippen molar-refractivity contribution in [1.82, 2.24) is 5.32 Å². The number of anilines is 1. The Morgan fingerprint density at radius 2 is 2.04 bits per heavy atom. The summed E-state index contributed by atoms with van der Waals surface area (Å²) < 4.78 is 15.1. The summed E-state index contributed by atoms with van der Waals surface area (Å²) in [5.41, 5.74) is 1.28. The normalized spacial score (nSPS) is 15.1. The second-order valence-corrected chi connectivity index (χ2v) is 6.78. The maximum absolute atomic E-state index is 11.4. The topological polar surface area (TPSA) is 89.1 Å². The molecule has 0 spiro atoms. The number of carbonyl (C=O) groups excluding carboxylic acids is 1.